The Morgan fingerprint density at radius 2 is 1.35 bits per heavy atom. The van der Waals surface area contributed by atoms with Crippen LogP contribution in [0.25, 0.3) is 0 Å². The summed E-state index contributed by atoms with van der Waals surface area (Å²) in [6.07, 6.45) is 35.4. The highest BCUT2D eigenvalue weighted by Gasteiger charge is 2.22. The molecule has 0 bridgehead atoms. The summed E-state index contributed by atoms with van der Waals surface area (Å²) in [5, 5.41) is 9.95. The highest BCUT2D eigenvalue weighted by atomic mass is 31.2. The fourth-order valence-electron chi connectivity index (χ4n) is 4.34. The molecule has 3 atom stereocenters. The molecule has 10 heteroatoms. The van der Waals surface area contributed by atoms with E-state index >= 15 is 0 Å². The van der Waals surface area contributed by atoms with Gasteiger partial charge >= 0.3 is 19.8 Å². The standard InChI is InChI=1S/C38H63O9P/c1-4-6-7-8-18-23-28-35(39)29-24-19-13-11-9-10-12-14-20-25-30-37(40)45-32-36(33-46-48(42,43)44)47-38(41)31-26-21-16-15-17-22-27-34(3)5-2/h6-7,9-10,13-14,18-20,23-24,29,34-36,39H,4-5,8,11-12,15-17,21-22,25-28,30-33H2,1-3H3,(H2,42,43,44)/b7-6-,10-9-,19-13-,20-14-,23-18-,29-24+/t34?,35?,36-/m1/s1. The lowest BCUT2D eigenvalue weighted by Crippen LogP contribution is -2.29. The highest BCUT2D eigenvalue weighted by Crippen LogP contribution is 2.35. The Morgan fingerprint density at radius 1 is 0.729 bits per heavy atom. The number of carbonyl (C=O) groups excluding carboxylic acids is 2. The number of hydrogen-bond donors (Lipinski definition) is 3. The molecule has 2 unspecified atom stereocenters. The van der Waals surface area contributed by atoms with Gasteiger partial charge in [0.05, 0.1) is 12.7 Å². The van der Waals surface area contributed by atoms with Gasteiger partial charge in [0.25, 0.3) is 0 Å². The van der Waals surface area contributed by atoms with E-state index in [1.807, 2.05) is 48.6 Å². The number of phosphoric acid groups is 1. The van der Waals surface area contributed by atoms with Gasteiger partial charge in [0.2, 0.25) is 0 Å². The van der Waals surface area contributed by atoms with Crippen LogP contribution in [-0.4, -0.2) is 52.3 Å². The molecule has 0 saturated heterocycles. The van der Waals surface area contributed by atoms with Crippen molar-refractivity contribution < 1.29 is 43.0 Å². The van der Waals surface area contributed by atoms with Crippen LogP contribution in [0.4, 0.5) is 0 Å². The second-order valence-corrected chi connectivity index (χ2v) is 13.1. The number of unbranched alkanes of at least 4 members (excludes halogenated alkanes) is 5. The van der Waals surface area contributed by atoms with Crippen LogP contribution >= 0.6 is 7.82 Å². The zero-order chi connectivity index (χ0) is 35.7. The Bertz CT molecular complexity index is 1040. The quantitative estimate of drug-likeness (QED) is 0.0221. The Morgan fingerprint density at radius 3 is 2.04 bits per heavy atom. The highest BCUT2D eigenvalue weighted by molar-refractivity contribution is 7.46. The lowest BCUT2D eigenvalue weighted by molar-refractivity contribution is -0.161. The van der Waals surface area contributed by atoms with Crippen LogP contribution in [0.1, 0.15) is 124 Å². The molecular weight excluding hydrogens is 631 g/mol. The lowest BCUT2D eigenvalue weighted by Gasteiger charge is -2.18. The molecule has 0 aromatic carbocycles. The van der Waals surface area contributed by atoms with E-state index in [1.54, 1.807) is 6.08 Å². The van der Waals surface area contributed by atoms with Crippen LogP contribution in [0.2, 0.25) is 0 Å². The Hall–Kier alpha value is -2.55. The Labute approximate surface area is 290 Å². The zero-order valence-electron chi connectivity index (χ0n) is 29.6. The van der Waals surface area contributed by atoms with Crippen molar-refractivity contribution in [1.82, 2.24) is 0 Å². The maximum Gasteiger partial charge on any atom is 0.469 e. The smallest absolute Gasteiger partial charge is 0.462 e. The molecule has 0 saturated carbocycles. The summed E-state index contributed by atoms with van der Waals surface area (Å²) in [4.78, 5) is 42.5. The molecule has 0 aliphatic heterocycles. The summed E-state index contributed by atoms with van der Waals surface area (Å²) in [7, 11) is -4.78. The van der Waals surface area contributed by atoms with Gasteiger partial charge in [-0.2, -0.15) is 0 Å². The normalized spacial score (nSPS) is 14.7. The fourth-order valence-corrected chi connectivity index (χ4v) is 4.70. The SMILES string of the molecule is CC/C=C\C/C=C\CC(O)/C=C/C=C\C/C=C\C/C=C\CCC(=O)OC[C@H](COP(=O)(O)O)OC(=O)CCCCCCCCC(C)CC. The molecule has 0 fully saturated rings. The minimum absolute atomic E-state index is 0.115. The maximum absolute atomic E-state index is 12.3. The first-order valence-electron chi connectivity index (χ1n) is 17.7. The van der Waals surface area contributed by atoms with E-state index in [4.69, 9.17) is 19.3 Å². The third-order valence-electron chi connectivity index (χ3n) is 7.37. The van der Waals surface area contributed by atoms with Crippen LogP contribution in [0.3, 0.4) is 0 Å². The van der Waals surface area contributed by atoms with E-state index in [0.29, 0.717) is 25.7 Å². The molecule has 0 spiro atoms. The summed E-state index contributed by atoms with van der Waals surface area (Å²) in [5.41, 5.74) is 0. The molecule has 9 nitrogen and oxygen atoms in total. The maximum atomic E-state index is 12.3. The summed E-state index contributed by atoms with van der Waals surface area (Å²) in [5.74, 6) is -0.258. The second kappa shape index (κ2) is 31.7. The van der Waals surface area contributed by atoms with Crippen LogP contribution in [0.15, 0.2) is 72.9 Å². The number of aliphatic hydroxyl groups is 1. The second-order valence-electron chi connectivity index (χ2n) is 11.9. The number of carbonyl (C=O) groups is 2. The largest absolute Gasteiger partial charge is 0.469 e. The molecule has 48 heavy (non-hydrogen) atoms. The number of rotatable bonds is 30. The summed E-state index contributed by atoms with van der Waals surface area (Å²) >= 11 is 0. The number of ether oxygens (including phenoxy) is 2. The molecule has 0 aromatic heterocycles. The minimum Gasteiger partial charge on any atom is -0.462 e. The molecule has 0 amide bonds. The topological polar surface area (TPSA) is 140 Å². The van der Waals surface area contributed by atoms with Crippen molar-refractivity contribution in [1.29, 1.82) is 0 Å². The van der Waals surface area contributed by atoms with Gasteiger partial charge in [-0.25, -0.2) is 4.57 Å². The van der Waals surface area contributed by atoms with Gasteiger partial charge in [-0.15, -0.1) is 0 Å². The van der Waals surface area contributed by atoms with E-state index in [2.05, 4.69) is 43.5 Å². The van der Waals surface area contributed by atoms with E-state index in [0.717, 1.165) is 44.4 Å². The van der Waals surface area contributed by atoms with Crippen molar-refractivity contribution >= 4 is 19.8 Å². The van der Waals surface area contributed by atoms with Gasteiger partial charge in [0.15, 0.2) is 6.10 Å². The fraction of sp³-hybridized carbons (Fsp3) is 0.632. The monoisotopic (exact) mass is 694 g/mol. The summed E-state index contributed by atoms with van der Waals surface area (Å²) in [6.45, 7) is 5.66. The predicted octanol–water partition coefficient (Wildman–Crippen LogP) is 9.17. The van der Waals surface area contributed by atoms with Crippen molar-refractivity contribution in [2.24, 2.45) is 5.92 Å². The van der Waals surface area contributed by atoms with Crippen molar-refractivity contribution in [3.63, 3.8) is 0 Å². The van der Waals surface area contributed by atoms with Gasteiger partial charge < -0.3 is 24.4 Å². The molecule has 0 aliphatic carbocycles. The predicted molar refractivity (Wildman–Crippen MR) is 194 cm³/mol. The average Bonchev–Trinajstić information content (AvgIpc) is 3.05. The lowest BCUT2D eigenvalue weighted by atomic mass is 10.00. The van der Waals surface area contributed by atoms with Gasteiger partial charge in [-0.1, -0.05) is 139 Å². The third-order valence-corrected chi connectivity index (χ3v) is 7.86. The van der Waals surface area contributed by atoms with Crippen molar-refractivity contribution in [3.05, 3.63) is 72.9 Å². The van der Waals surface area contributed by atoms with Crippen LogP contribution < -0.4 is 0 Å². The molecule has 0 aliphatic rings. The van der Waals surface area contributed by atoms with Crippen LogP contribution in [-0.2, 0) is 28.2 Å². The van der Waals surface area contributed by atoms with E-state index in [9.17, 15) is 19.3 Å². The summed E-state index contributed by atoms with van der Waals surface area (Å²) in [6, 6.07) is 0. The zero-order valence-corrected chi connectivity index (χ0v) is 30.5. The van der Waals surface area contributed by atoms with Gasteiger partial charge in [-0.3, -0.25) is 14.1 Å². The first-order chi connectivity index (χ1) is 23.1. The minimum atomic E-state index is -4.78. The van der Waals surface area contributed by atoms with Crippen molar-refractivity contribution in [3.8, 4) is 0 Å². The van der Waals surface area contributed by atoms with E-state index in [1.165, 1.54) is 25.7 Å². The van der Waals surface area contributed by atoms with Gasteiger partial charge in [0, 0.05) is 12.8 Å². The number of phosphoric ester groups is 1. The number of hydrogen-bond acceptors (Lipinski definition) is 7. The van der Waals surface area contributed by atoms with E-state index in [-0.39, 0.29) is 19.4 Å². The van der Waals surface area contributed by atoms with Crippen molar-refractivity contribution in [2.45, 2.75) is 136 Å². The Kier molecular flexibility index (Phi) is 30.0. The molecule has 274 valence electrons. The molecule has 0 aromatic rings. The average molecular weight is 695 g/mol. The van der Waals surface area contributed by atoms with E-state index < -0.39 is 38.6 Å². The number of aliphatic hydroxyl groups excluding tert-OH is 1. The molecule has 3 N–H and O–H groups in total. The first-order valence-corrected chi connectivity index (χ1v) is 19.3. The van der Waals surface area contributed by atoms with Gasteiger partial charge in [-0.05, 0) is 50.9 Å². The van der Waals surface area contributed by atoms with Crippen LogP contribution in [0.5, 0.6) is 0 Å². The molecule has 0 radical (unpaired) electrons. The number of allylic oxidation sites excluding steroid dienone is 10. The molecule has 0 rings (SSSR count). The third kappa shape index (κ3) is 33.4. The number of esters is 2. The first kappa shape index (κ1) is 45.5. The molecule has 0 heterocycles. The molecular formula is C38H63O9P. The van der Waals surface area contributed by atoms with Crippen LogP contribution in [0, 0.1) is 5.92 Å². The van der Waals surface area contributed by atoms with Crippen molar-refractivity contribution in [2.75, 3.05) is 13.2 Å². The Balaban J connectivity index is 4.22. The summed E-state index contributed by atoms with van der Waals surface area (Å²) < 4.78 is 26.1. The van der Waals surface area contributed by atoms with Gasteiger partial charge in [0.1, 0.15) is 6.61 Å².